The van der Waals surface area contributed by atoms with E-state index in [1.54, 1.807) is 24.3 Å². The zero-order valence-corrected chi connectivity index (χ0v) is 22.2. The molecule has 0 spiro atoms. The highest BCUT2D eigenvalue weighted by Gasteiger charge is 2.48. The van der Waals surface area contributed by atoms with E-state index in [-0.39, 0.29) is 26.9 Å². The summed E-state index contributed by atoms with van der Waals surface area (Å²) < 4.78 is 11.4. The van der Waals surface area contributed by atoms with Crippen LogP contribution in [-0.4, -0.2) is 36.0 Å². The number of ether oxygens (including phenoxy) is 2. The molecule has 7 nitrogen and oxygen atoms in total. The number of nitrogens with zero attached hydrogens (tertiary/aromatic N) is 2. The molecule has 0 bridgehead atoms. The number of hydrogen-bond donors (Lipinski definition) is 1. The van der Waals surface area contributed by atoms with Crippen LogP contribution in [-0.2, 0) is 9.59 Å². The van der Waals surface area contributed by atoms with Gasteiger partial charge in [0.2, 0.25) is 0 Å². The number of carbonyl (C=O) groups is 2. The Labute approximate surface area is 226 Å². The highest BCUT2D eigenvalue weighted by molar-refractivity contribution is 7.22. The molecule has 1 aliphatic heterocycles. The van der Waals surface area contributed by atoms with E-state index in [4.69, 9.17) is 32.7 Å². The molecule has 0 saturated carbocycles. The molecule has 5 rings (SSSR count). The van der Waals surface area contributed by atoms with Gasteiger partial charge in [-0.1, -0.05) is 52.7 Å². The normalized spacial score (nSPS) is 17.0. The highest BCUT2D eigenvalue weighted by Crippen LogP contribution is 2.46. The quantitative estimate of drug-likeness (QED) is 0.171. The summed E-state index contributed by atoms with van der Waals surface area (Å²) in [6, 6.07) is 14.6. The Hall–Kier alpha value is -3.59. The number of anilines is 1. The van der Waals surface area contributed by atoms with Crippen molar-refractivity contribution in [3.8, 4) is 11.5 Å². The summed E-state index contributed by atoms with van der Waals surface area (Å²) in [5, 5.41) is 12.0. The summed E-state index contributed by atoms with van der Waals surface area (Å²) in [4.78, 5) is 32.9. The average molecular weight is 555 g/mol. The number of aromatic nitrogens is 1. The summed E-state index contributed by atoms with van der Waals surface area (Å²) in [5.41, 5.74) is 2.35. The van der Waals surface area contributed by atoms with Gasteiger partial charge in [0.05, 0.1) is 46.1 Å². The molecule has 37 heavy (non-hydrogen) atoms. The van der Waals surface area contributed by atoms with Gasteiger partial charge in [-0.3, -0.25) is 14.5 Å². The van der Waals surface area contributed by atoms with Gasteiger partial charge in [-0.25, -0.2) is 4.98 Å². The first-order valence-electron chi connectivity index (χ1n) is 11.1. The van der Waals surface area contributed by atoms with Crippen molar-refractivity contribution in [2.75, 3.05) is 19.1 Å². The number of aryl methyl sites for hydroxylation is 1. The summed E-state index contributed by atoms with van der Waals surface area (Å²) in [6.07, 6.45) is 0. The van der Waals surface area contributed by atoms with E-state index in [2.05, 4.69) is 4.98 Å². The van der Waals surface area contributed by atoms with Crippen LogP contribution in [0, 0.1) is 6.92 Å². The molecule has 0 aliphatic carbocycles. The lowest BCUT2D eigenvalue weighted by atomic mass is 9.95. The van der Waals surface area contributed by atoms with Crippen molar-refractivity contribution in [1.82, 2.24) is 4.98 Å². The van der Waals surface area contributed by atoms with Crippen LogP contribution in [0.25, 0.3) is 16.0 Å². The maximum atomic E-state index is 13.5. The topological polar surface area (TPSA) is 89.0 Å². The van der Waals surface area contributed by atoms with E-state index < -0.39 is 23.5 Å². The lowest BCUT2D eigenvalue weighted by Gasteiger charge is -2.23. The van der Waals surface area contributed by atoms with Gasteiger partial charge in [-0.05, 0) is 54.4 Å². The predicted molar refractivity (Wildman–Crippen MR) is 145 cm³/mol. The van der Waals surface area contributed by atoms with Crippen molar-refractivity contribution in [3.05, 3.63) is 86.9 Å². The van der Waals surface area contributed by atoms with Gasteiger partial charge in [-0.15, -0.1) is 0 Å². The molecule has 2 heterocycles. The van der Waals surface area contributed by atoms with E-state index in [1.165, 1.54) is 42.6 Å². The first kappa shape index (κ1) is 25.1. The molecule has 1 saturated heterocycles. The fraction of sp³-hybridized carbons (Fsp3) is 0.148. The van der Waals surface area contributed by atoms with Gasteiger partial charge < -0.3 is 14.6 Å². The minimum Gasteiger partial charge on any atom is -0.507 e. The van der Waals surface area contributed by atoms with Gasteiger partial charge in [0, 0.05) is 5.56 Å². The maximum absolute atomic E-state index is 13.5. The van der Waals surface area contributed by atoms with Gasteiger partial charge >= 0.3 is 5.91 Å². The first-order valence-corrected chi connectivity index (χ1v) is 12.7. The van der Waals surface area contributed by atoms with E-state index in [9.17, 15) is 14.7 Å². The standard InChI is InChI=1S/C27H20Cl2N2O5S/c1-13-7-8-19-20(9-13)37-27(30-19)31-22(14-5-4-6-16(10-14)35-2)21(24(33)26(31)34)23(32)15-11-17(28)25(36-3)18(29)12-15/h4-12,22,32H,1-3H3/b23-21+. The minimum atomic E-state index is -0.976. The molecule has 1 N–H and O–H groups in total. The Morgan fingerprint density at radius 2 is 1.76 bits per heavy atom. The second-order valence-electron chi connectivity index (χ2n) is 8.39. The Morgan fingerprint density at radius 3 is 2.43 bits per heavy atom. The van der Waals surface area contributed by atoms with Crippen molar-refractivity contribution >= 4 is 67.3 Å². The number of methoxy groups -OCH3 is 2. The van der Waals surface area contributed by atoms with Crippen LogP contribution >= 0.6 is 34.5 Å². The third kappa shape index (κ3) is 4.31. The van der Waals surface area contributed by atoms with Crippen LogP contribution in [0.3, 0.4) is 0 Å². The average Bonchev–Trinajstić information content (AvgIpc) is 3.41. The van der Waals surface area contributed by atoms with Crippen LogP contribution in [0.15, 0.2) is 60.2 Å². The fourth-order valence-electron chi connectivity index (χ4n) is 4.33. The van der Waals surface area contributed by atoms with Crippen molar-refractivity contribution in [2.24, 2.45) is 0 Å². The Balaban J connectivity index is 1.75. The van der Waals surface area contributed by atoms with Crippen molar-refractivity contribution < 1.29 is 24.2 Å². The van der Waals surface area contributed by atoms with Crippen LogP contribution in [0.2, 0.25) is 10.0 Å². The maximum Gasteiger partial charge on any atom is 0.301 e. The zero-order chi connectivity index (χ0) is 26.4. The van der Waals surface area contributed by atoms with E-state index in [0.29, 0.717) is 22.0 Å². The largest absolute Gasteiger partial charge is 0.507 e. The number of carbonyl (C=O) groups excluding carboxylic acids is 2. The van der Waals surface area contributed by atoms with E-state index >= 15 is 0 Å². The predicted octanol–water partition coefficient (Wildman–Crippen LogP) is 6.56. The van der Waals surface area contributed by atoms with Gasteiger partial charge in [0.1, 0.15) is 11.5 Å². The molecule has 1 aromatic heterocycles. The number of hydrogen-bond acceptors (Lipinski definition) is 7. The van der Waals surface area contributed by atoms with Gasteiger partial charge in [0.25, 0.3) is 5.78 Å². The van der Waals surface area contributed by atoms with Crippen LogP contribution in [0.4, 0.5) is 5.13 Å². The molecule has 10 heteroatoms. The third-order valence-electron chi connectivity index (χ3n) is 6.07. The van der Waals surface area contributed by atoms with Crippen LogP contribution < -0.4 is 14.4 Å². The lowest BCUT2D eigenvalue weighted by Crippen LogP contribution is -2.29. The van der Waals surface area contributed by atoms with Crippen molar-refractivity contribution in [3.63, 3.8) is 0 Å². The highest BCUT2D eigenvalue weighted by atomic mass is 35.5. The van der Waals surface area contributed by atoms with Crippen molar-refractivity contribution in [1.29, 1.82) is 0 Å². The summed E-state index contributed by atoms with van der Waals surface area (Å²) >= 11 is 13.9. The Kier molecular flexibility index (Phi) is 6.58. The number of ketones is 1. The number of amides is 1. The molecule has 1 atom stereocenters. The second kappa shape index (κ2) is 9.70. The fourth-order valence-corrected chi connectivity index (χ4v) is 6.06. The summed E-state index contributed by atoms with van der Waals surface area (Å²) in [7, 11) is 2.94. The SMILES string of the molecule is COc1cccc(C2/C(=C(\O)c3cc(Cl)c(OC)c(Cl)c3)C(=O)C(=O)N2c2nc3ccc(C)cc3s2)c1. The molecule has 1 amide bonds. The summed E-state index contributed by atoms with van der Waals surface area (Å²) in [6.45, 7) is 1.96. The number of aliphatic hydroxyl groups excluding tert-OH is 1. The molecule has 1 unspecified atom stereocenters. The number of benzene rings is 3. The Morgan fingerprint density at radius 1 is 1.03 bits per heavy atom. The van der Waals surface area contributed by atoms with E-state index in [0.717, 1.165) is 10.3 Å². The smallest absolute Gasteiger partial charge is 0.301 e. The van der Waals surface area contributed by atoms with Gasteiger partial charge in [-0.2, -0.15) is 0 Å². The number of aliphatic hydroxyl groups is 1. The third-order valence-corrected chi connectivity index (χ3v) is 7.65. The zero-order valence-electron chi connectivity index (χ0n) is 19.9. The number of rotatable bonds is 5. The van der Waals surface area contributed by atoms with Crippen molar-refractivity contribution in [2.45, 2.75) is 13.0 Å². The monoisotopic (exact) mass is 554 g/mol. The van der Waals surface area contributed by atoms with Crippen LogP contribution in [0.5, 0.6) is 11.5 Å². The van der Waals surface area contributed by atoms with Gasteiger partial charge in [0.15, 0.2) is 10.9 Å². The number of Topliss-reactive ketones (excluding diaryl/α,β-unsaturated/α-hetero) is 1. The minimum absolute atomic E-state index is 0.119. The number of fused-ring (bicyclic) bond motifs is 1. The molecule has 0 radical (unpaired) electrons. The molecule has 3 aromatic carbocycles. The molecular formula is C27H20Cl2N2O5S. The number of thiazole rings is 1. The molecular weight excluding hydrogens is 535 g/mol. The Bertz CT molecular complexity index is 1590. The van der Waals surface area contributed by atoms with Crippen LogP contribution in [0.1, 0.15) is 22.7 Å². The molecule has 1 aliphatic rings. The summed E-state index contributed by atoms with van der Waals surface area (Å²) in [5.74, 6) is -1.33. The number of halogens is 2. The second-order valence-corrected chi connectivity index (χ2v) is 10.2. The van der Waals surface area contributed by atoms with E-state index in [1.807, 2.05) is 25.1 Å². The molecule has 4 aromatic rings. The molecule has 1 fully saturated rings. The molecule has 188 valence electrons. The lowest BCUT2D eigenvalue weighted by molar-refractivity contribution is -0.132. The first-order chi connectivity index (χ1) is 17.7.